The SMILES string of the molecule is CCCNc1nc(NC(CC)c2nccs2)nc(OC)n1. The molecule has 0 bridgehead atoms. The van der Waals surface area contributed by atoms with E-state index >= 15 is 0 Å². The van der Waals surface area contributed by atoms with Gasteiger partial charge in [-0.25, -0.2) is 4.98 Å². The van der Waals surface area contributed by atoms with E-state index in [1.165, 1.54) is 0 Å². The fraction of sp³-hybridized carbons (Fsp3) is 0.538. The number of hydrogen-bond donors (Lipinski definition) is 2. The molecule has 2 N–H and O–H groups in total. The maximum Gasteiger partial charge on any atom is 0.322 e. The minimum Gasteiger partial charge on any atom is -0.467 e. The summed E-state index contributed by atoms with van der Waals surface area (Å²) in [5.41, 5.74) is 0. The molecule has 7 nitrogen and oxygen atoms in total. The van der Waals surface area contributed by atoms with Crippen molar-refractivity contribution in [2.45, 2.75) is 32.7 Å². The highest BCUT2D eigenvalue weighted by atomic mass is 32.1. The Kier molecular flexibility index (Phi) is 5.68. The minimum atomic E-state index is 0.0798. The Morgan fingerprint density at radius 2 is 2.05 bits per heavy atom. The summed E-state index contributed by atoms with van der Waals surface area (Å²) in [5, 5.41) is 9.40. The Balaban J connectivity index is 2.17. The molecule has 2 rings (SSSR count). The molecule has 114 valence electrons. The number of anilines is 2. The summed E-state index contributed by atoms with van der Waals surface area (Å²) in [6.45, 7) is 4.98. The Morgan fingerprint density at radius 3 is 2.67 bits per heavy atom. The first-order valence-electron chi connectivity index (χ1n) is 6.96. The molecule has 0 radical (unpaired) electrons. The molecule has 0 aromatic carbocycles. The van der Waals surface area contributed by atoms with Gasteiger partial charge in [-0.05, 0) is 12.8 Å². The lowest BCUT2D eigenvalue weighted by Gasteiger charge is -2.15. The first-order chi connectivity index (χ1) is 10.3. The molecule has 2 aromatic heterocycles. The maximum absolute atomic E-state index is 5.13. The van der Waals surface area contributed by atoms with Crippen LogP contribution in [-0.2, 0) is 0 Å². The van der Waals surface area contributed by atoms with Gasteiger partial charge in [-0.15, -0.1) is 11.3 Å². The lowest BCUT2D eigenvalue weighted by molar-refractivity contribution is 0.379. The van der Waals surface area contributed by atoms with Crippen LogP contribution in [0.5, 0.6) is 6.01 Å². The molecule has 1 unspecified atom stereocenters. The molecule has 0 aliphatic carbocycles. The topological polar surface area (TPSA) is 84.9 Å². The normalized spacial score (nSPS) is 12.0. The molecule has 0 saturated heterocycles. The number of ether oxygens (including phenoxy) is 1. The Labute approximate surface area is 128 Å². The zero-order valence-corrected chi connectivity index (χ0v) is 13.3. The van der Waals surface area contributed by atoms with Crippen LogP contribution < -0.4 is 15.4 Å². The van der Waals surface area contributed by atoms with Crippen LogP contribution in [0.15, 0.2) is 11.6 Å². The van der Waals surface area contributed by atoms with Gasteiger partial charge in [-0.2, -0.15) is 15.0 Å². The van der Waals surface area contributed by atoms with Crippen molar-refractivity contribution in [3.05, 3.63) is 16.6 Å². The van der Waals surface area contributed by atoms with Crippen LogP contribution >= 0.6 is 11.3 Å². The molecule has 2 heterocycles. The van der Waals surface area contributed by atoms with Gasteiger partial charge in [0.1, 0.15) is 5.01 Å². The number of hydrogen-bond acceptors (Lipinski definition) is 8. The van der Waals surface area contributed by atoms with Gasteiger partial charge >= 0.3 is 6.01 Å². The summed E-state index contributed by atoms with van der Waals surface area (Å²) in [6, 6.07) is 0.372. The third-order valence-electron chi connectivity index (χ3n) is 2.79. The second kappa shape index (κ2) is 7.72. The first-order valence-corrected chi connectivity index (χ1v) is 7.84. The van der Waals surface area contributed by atoms with Gasteiger partial charge in [0.15, 0.2) is 0 Å². The Bertz CT molecular complexity index is 548. The summed E-state index contributed by atoms with van der Waals surface area (Å²) in [5.74, 6) is 1.00. The Morgan fingerprint density at radius 1 is 1.24 bits per heavy atom. The number of methoxy groups -OCH3 is 1. The van der Waals surface area contributed by atoms with Crippen LogP contribution in [0.25, 0.3) is 0 Å². The molecule has 0 amide bonds. The van der Waals surface area contributed by atoms with E-state index < -0.39 is 0 Å². The predicted octanol–water partition coefficient (Wildman–Crippen LogP) is 2.72. The summed E-state index contributed by atoms with van der Waals surface area (Å²) in [4.78, 5) is 17.1. The van der Waals surface area contributed by atoms with Gasteiger partial charge in [0.05, 0.1) is 13.2 Å². The van der Waals surface area contributed by atoms with Crippen molar-refractivity contribution in [3.63, 3.8) is 0 Å². The van der Waals surface area contributed by atoms with E-state index in [2.05, 4.69) is 44.4 Å². The highest BCUT2D eigenvalue weighted by Gasteiger charge is 2.15. The lowest BCUT2D eigenvalue weighted by atomic mass is 10.2. The van der Waals surface area contributed by atoms with E-state index in [0.29, 0.717) is 17.9 Å². The van der Waals surface area contributed by atoms with Crippen LogP contribution in [0.4, 0.5) is 11.9 Å². The Hall–Kier alpha value is -1.96. The highest BCUT2D eigenvalue weighted by molar-refractivity contribution is 7.09. The molecule has 21 heavy (non-hydrogen) atoms. The quantitative estimate of drug-likeness (QED) is 0.775. The summed E-state index contributed by atoms with van der Waals surface area (Å²) < 4.78 is 5.13. The predicted molar refractivity (Wildman–Crippen MR) is 83.9 cm³/mol. The van der Waals surface area contributed by atoms with E-state index in [-0.39, 0.29) is 6.04 Å². The van der Waals surface area contributed by atoms with E-state index in [1.54, 1.807) is 24.6 Å². The van der Waals surface area contributed by atoms with Crippen LogP contribution in [0.1, 0.15) is 37.7 Å². The van der Waals surface area contributed by atoms with Gasteiger partial charge in [-0.3, -0.25) is 0 Å². The molecule has 0 spiro atoms. The van der Waals surface area contributed by atoms with Crippen molar-refractivity contribution in [2.24, 2.45) is 0 Å². The van der Waals surface area contributed by atoms with Gasteiger partial charge < -0.3 is 15.4 Å². The standard InChI is InChI=1S/C13H20N6OS/c1-4-6-15-11-17-12(19-13(18-11)20-3)16-9(5-2)10-14-7-8-21-10/h7-9H,4-6H2,1-3H3,(H2,15,16,17,18,19). The molecule has 1 atom stereocenters. The van der Waals surface area contributed by atoms with E-state index in [0.717, 1.165) is 24.4 Å². The second-order valence-electron chi connectivity index (χ2n) is 4.37. The minimum absolute atomic E-state index is 0.0798. The monoisotopic (exact) mass is 308 g/mol. The fourth-order valence-electron chi connectivity index (χ4n) is 1.73. The molecule has 0 saturated carbocycles. The van der Waals surface area contributed by atoms with Crippen molar-refractivity contribution < 1.29 is 4.74 Å². The fourth-order valence-corrected chi connectivity index (χ4v) is 2.50. The van der Waals surface area contributed by atoms with Crippen LogP contribution in [0, 0.1) is 0 Å². The molecule has 0 fully saturated rings. The van der Waals surface area contributed by atoms with Crippen LogP contribution in [0.2, 0.25) is 0 Å². The third-order valence-corrected chi connectivity index (χ3v) is 3.68. The zero-order chi connectivity index (χ0) is 15.1. The van der Waals surface area contributed by atoms with Gasteiger partial charge in [0.25, 0.3) is 0 Å². The van der Waals surface area contributed by atoms with Gasteiger partial charge in [0, 0.05) is 18.1 Å². The molecular weight excluding hydrogens is 288 g/mol. The number of rotatable bonds is 8. The average molecular weight is 308 g/mol. The van der Waals surface area contributed by atoms with Crippen molar-refractivity contribution in [3.8, 4) is 6.01 Å². The number of nitrogens with zero attached hydrogens (tertiary/aromatic N) is 4. The summed E-state index contributed by atoms with van der Waals surface area (Å²) in [6.07, 6.45) is 3.68. The van der Waals surface area contributed by atoms with Crippen molar-refractivity contribution in [2.75, 3.05) is 24.3 Å². The first kappa shape index (κ1) is 15.4. The molecule has 8 heteroatoms. The summed E-state index contributed by atoms with van der Waals surface area (Å²) >= 11 is 1.61. The smallest absolute Gasteiger partial charge is 0.322 e. The number of aromatic nitrogens is 4. The molecule has 2 aromatic rings. The number of thiazole rings is 1. The second-order valence-corrected chi connectivity index (χ2v) is 5.30. The van der Waals surface area contributed by atoms with Gasteiger partial charge in [0.2, 0.25) is 11.9 Å². The van der Waals surface area contributed by atoms with Crippen molar-refractivity contribution in [1.29, 1.82) is 0 Å². The van der Waals surface area contributed by atoms with Crippen LogP contribution in [0.3, 0.4) is 0 Å². The third kappa shape index (κ3) is 4.25. The molecule has 0 aliphatic heterocycles. The summed E-state index contributed by atoms with van der Waals surface area (Å²) in [7, 11) is 1.54. The highest BCUT2D eigenvalue weighted by Crippen LogP contribution is 2.23. The maximum atomic E-state index is 5.13. The average Bonchev–Trinajstić information content (AvgIpc) is 3.04. The van der Waals surface area contributed by atoms with Crippen LogP contribution in [-0.4, -0.2) is 33.6 Å². The van der Waals surface area contributed by atoms with Crippen molar-refractivity contribution in [1.82, 2.24) is 19.9 Å². The zero-order valence-electron chi connectivity index (χ0n) is 12.5. The van der Waals surface area contributed by atoms with E-state index in [1.807, 2.05) is 5.38 Å². The van der Waals surface area contributed by atoms with Crippen molar-refractivity contribution >= 4 is 23.2 Å². The van der Waals surface area contributed by atoms with E-state index in [4.69, 9.17) is 4.74 Å². The lowest BCUT2D eigenvalue weighted by Crippen LogP contribution is -2.14. The molecule has 0 aliphatic rings. The largest absolute Gasteiger partial charge is 0.467 e. The number of nitrogens with one attached hydrogen (secondary N) is 2. The molecular formula is C13H20N6OS. The van der Waals surface area contributed by atoms with Gasteiger partial charge in [-0.1, -0.05) is 13.8 Å². The van der Waals surface area contributed by atoms with E-state index in [9.17, 15) is 0 Å².